The lowest BCUT2D eigenvalue weighted by Gasteiger charge is -2.10. The van der Waals surface area contributed by atoms with Crippen LogP contribution >= 0.6 is 22.9 Å². The molecule has 1 aliphatic carbocycles. The largest absolute Gasteiger partial charge is 0.462 e. The lowest BCUT2D eigenvalue weighted by molar-refractivity contribution is -0.111. The number of rotatable bonds is 5. The number of carbonyl (C=O) groups is 2. The van der Waals surface area contributed by atoms with E-state index >= 15 is 0 Å². The number of esters is 1. The van der Waals surface area contributed by atoms with Crippen molar-refractivity contribution in [1.29, 1.82) is 0 Å². The minimum absolute atomic E-state index is 0.285. The molecular formula is C26H32ClNO3S. The third-order valence-electron chi connectivity index (χ3n) is 5.71. The van der Waals surface area contributed by atoms with Crippen LogP contribution in [0, 0.1) is 0 Å². The highest BCUT2D eigenvalue weighted by molar-refractivity contribution is 7.17. The average Bonchev–Trinajstić information content (AvgIpc) is 3.10. The van der Waals surface area contributed by atoms with Gasteiger partial charge in [-0.3, -0.25) is 4.79 Å². The van der Waals surface area contributed by atoms with Gasteiger partial charge in [0.15, 0.2) is 0 Å². The van der Waals surface area contributed by atoms with Crippen LogP contribution in [0.15, 0.2) is 30.3 Å². The van der Waals surface area contributed by atoms with Gasteiger partial charge in [-0.25, -0.2) is 4.79 Å². The molecule has 0 bridgehead atoms. The number of ether oxygens (including phenoxy) is 1. The molecule has 0 radical (unpaired) electrons. The number of aryl methyl sites for hydroxylation is 1. The quantitative estimate of drug-likeness (QED) is 0.362. The highest BCUT2D eigenvalue weighted by Crippen LogP contribution is 2.37. The Balaban J connectivity index is 1.86. The van der Waals surface area contributed by atoms with Crippen molar-refractivity contribution in [2.24, 2.45) is 0 Å². The van der Waals surface area contributed by atoms with E-state index in [2.05, 4.69) is 5.32 Å². The molecule has 0 atom stereocenters. The van der Waals surface area contributed by atoms with E-state index in [0.29, 0.717) is 22.2 Å². The molecule has 0 saturated heterocycles. The summed E-state index contributed by atoms with van der Waals surface area (Å²) in [5.41, 5.74) is 2.39. The summed E-state index contributed by atoms with van der Waals surface area (Å²) in [6, 6.07) is 7.36. The topological polar surface area (TPSA) is 55.4 Å². The number of anilines is 1. The molecular weight excluding hydrogens is 442 g/mol. The van der Waals surface area contributed by atoms with Gasteiger partial charge in [0.25, 0.3) is 0 Å². The summed E-state index contributed by atoms with van der Waals surface area (Å²) < 4.78 is 5.37. The van der Waals surface area contributed by atoms with Crippen molar-refractivity contribution >= 4 is 45.9 Å². The van der Waals surface area contributed by atoms with Crippen LogP contribution in [0.1, 0.15) is 84.7 Å². The monoisotopic (exact) mass is 473 g/mol. The Morgan fingerprint density at radius 1 is 1.03 bits per heavy atom. The molecule has 0 aliphatic heterocycles. The molecule has 0 spiro atoms. The maximum atomic E-state index is 12.9. The Morgan fingerprint density at radius 2 is 1.69 bits per heavy atom. The predicted octanol–water partition coefficient (Wildman–Crippen LogP) is 7.45. The third-order valence-corrected chi connectivity index (χ3v) is 7.26. The van der Waals surface area contributed by atoms with Crippen LogP contribution in [0.2, 0.25) is 5.02 Å². The van der Waals surface area contributed by atoms with E-state index in [0.717, 1.165) is 36.8 Å². The van der Waals surface area contributed by atoms with E-state index in [1.54, 1.807) is 19.1 Å². The molecule has 3 rings (SSSR count). The van der Waals surface area contributed by atoms with Crippen molar-refractivity contribution in [3.8, 4) is 0 Å². The van der Waals surface area contributed by atoms with Gasteiger partial charge in [0, 0.05) is 16.0 Å². The molecule has 1 aromatic carbocycles. The maximum Gasteiger partial charge on any atom is 0.341 e. The number of amides is 1. The highest BCUT2D eigenvalue weighted by atomic mass is 35.5. The number of halogens is 1. The summed E-state index contributed by atoms with van der Waals surface area (Å²) in [6.07, 6.45) is 14.6. The van der Waals surface area contributed by atoms with E-state index in [-0.39, 0.29) is 11.9 Å². The standard InChI is InChI=1S/C26H32ClNO3S/c1-2-31-26(30)24-20-14-9-7-5-3-4-6-8-10-16-22(20)32-25(24)28-23(29)18-17-19-13-11-12-15-21(19)27/h11-13,15,17-18H,2-10,14,16H2,1H3,(H,28,29). The van der Waals surface area contributed by atoms with Crippen LogP contribution in [-0.2, 0) is 22.4 Å². The van der Waals surface area contributed by atoms with E-state index in [9.17, 15) is 9.59 Å². The van der Waals surface area contributed by atoms with Gasteiger partial charge in [-0.1, -0.05) is 68.3 Å². The number of hydrogen-bond donors (Lipinski definition) is 1. The van der Waals surface area contributed by atoms with Crippen molar-refractivity contribution in [2.75, 3.05) is 11.9 Å². The molecule has 32 heavy (non-hydrogen) atoms. The van der Waals surface area contributed by atoms with Gasteiger partial charge >= 0.3 is 5.97 Å². The van der Waals surface area contributed by atoms with Crippen molar-refractivity contribution in [1.82, 2.24) is 0 Å². The lowest BCUT2D eigenvalue weighted by Crippen LogP contribution is -2.13. The summed E-state index contributed by atoms with van der Waals surface area (Å²) in [6.45, 7) is 2.12. The van der Waals surface area contributed by atoms with Gasteiger partial charge in [-0.2, -0.15) is 0 Å². The SMILES string of the molecule is CCOC(=O)c1c(NC(=O)C=Cc2ccccc2Cl)sc2c1CCCCCCCCCC2. The zero-order valence-electron chi connectivity index (χ0n) is 18.8. The molecule has 6 heteroatoms. The fraction of sp³-hybridized carbons (Fsp3) is 0.462. The fourth-order valence-corrected chi connectivity index (χ4v) is 5.54. The fourth-order valence-electron chi connectivity index (χ4n) is 4.06. The Kier molecular flexibility index (Phi) is 9.82. The average molecular weight is 474 g/mol. The van der Waals surface area contributed by atoms with Gasteiger partial charge in [0.05, 0.1) is 12.2 Å². The first-order chi connectivity index (χ1) is 15.6. The van der Waals surface area contributed by atoms with Crippen molar-refractivity contribution in [3.05, 3.63) is 56.9 Å². The zero-order valence-corrected chi connectivity index (χ0v) is 20.3. The molecule has 2 aromatic rings. The van der Waals surface area contributed by atoms with Gasteiger partial charge < -0.3 is 10.1 Å². The Morgan fingerprint density at radius 3 is 2.38 bits per heavy atom. The van der Waals surface area contributed by atoms with Gasteiger partial charge in [0.1, 0.15) is 5.00 Å². The molecule has 0 saturated carbocycles. The third kappa shape index (κ3) is 6.94. The van der Waals surface area contributed by atoms with Crippen molar-refractivity contribution in [2.45, 2.75) is 71.1 Å². The molecule has 1 aliphatic rings. The predicted molar refractivity (Wildman–Crippen MR) is 134 cm³/mol. The number of hydrogen-bond acceptors (Lipinski definition) is 4. The Labute approximate surface area is 200 Å². The molecule has 4 nitrogen and oxygen atoms in total. The van der Waals surface area contributed by atoms with Crippen LogP contribution in [0.3, 0.4) is 0 Å². The summed E-state index contributed by atoms with van der Waals surface area (Å²) >= 11 is 7.70. The summed E-state index contributed by atoms with van der Waals surface area (Å²) in [5, 5.41) is 4.12. The first kappa shape index (κ1) is 24.5. The summed E-state index contributed by atoms with van der Waals surface area (Å²) in [5.74, 6) is -0.629. The molecule has 0 unspecified atom stereocenters. The van der Waals surface area contributed by atoms with Crippen LogP contribution < -0.4 is 5.32 Å². The van der Waals surface area contributed by atoms with Crippen molar-refractivity contribution < 1.29 is 14.3 Å². The van der Waals surface area contributed by atoms with Crippen LogP contribution in [0.4, 0.5) is 5.00 Å². The second-order valence-corrected chi connectivity index (χ2v) is 9.61. The Hall–Kier alpha value is -2.11. The first-order valence-electron chi connectivity index (χ1n) is 11.7. The van der Waals surface area contributed by atoms with Crippen LogP contribution in [-0.4, -0.2) is 18.5 Å². The highest BCUT2D eigenvalue weighted by Gasteiger charge is 2.25. The minimum atomic E-state index is -0.345. The van der Waals surface area contributed by atoms with E-state index in [1.807, 2.05) is 18.2 Å². The first-order valence-corrected chi connectivity index (χ1v) is 12.8. The van der Waals surface area contributed by atoms with Gasteiger partial charge in [0.2, 0.25) is 5.91 Å². The van der Waals surface area contributed by atoms with E-state index in [4.69, 9.17) is 16.3 Å². The normalized spacial score (nSPS) is 15.4. The summed E-state index contributed by atoms with van der Waals surface area (Å²) in [4.78, 5) is 26.8. The van der Waals surface area contributed by atoms with Crippen LogP contribution in [0.25, 0.3) is 6.08 Å². The van der Waals surface area contributed by atoms with E-state index in [1.165, 1.54) is 60.8 Å². The number of thiophene rings is 1. The maximum absolute atomic E-state index is 12.9. The van der Waals surface area contributed by atoms with Crippen molar-refractivity contribution in [3.63, 3.8) is 0 Å². The van der Waals surface area contributed by atoms with Gasteiger partial charge in [-0.05, 0) is 55.9 Å². The second kappa shape index (κ2) is 12.8. The van der Waals surface area contributed by atoms with Gasteiger partial charge in [-0.15, -0.1) is 11.3 Å². The number of nitrogens with one attached hydrogen (secondary N) is 1. The second-order valence-electron chi connectivity index (χ2n) is 8.10. The number of benzene rings is 1. The zero-order chi connectivity index (χ0) is 22.8. The molecule has 1 aromatic heterocycles. The molecule has 1 N–H and O–H groups in total. The molecule has 1 amide bonds. The number of carbonyl (C=O) groups excluding carboxylic acids is 2. The molecule has 0 fully saturated rings. The molecule has 172 valence electrons. The summed E-state index contributed by atoms with van der Waals surface area (Å²) in [7, 11) is 0. The Bertz CT molecular complexity index is 951. The van der Waals surface area contributed by atoms with E-state index < -0.39 is 0 Å². The molecule has 1 heterocycles. The number of fused-ring (bicyclic) bond motifs is 1. The lowest BCUT2D eigenvalue weighted by atomic mass is 9.97. The smallest absolute Gasteiger partial charge is 0.341 e. The van der Waals surface area contributed by atoms with Crippen LogP contribution in [0.5, 0.6) is 0 Å². The minimum Gasteiger partial charge on any atom is -0.462 e.